The third-order valence-electron chi connectivity index (χ3n) is 2.56. The summed E-state index contributed by atoms with van der Waals surface area (Å²) in [6, 6.07) is 10.3. The Morgan fingerprint density at radius 2 is 2.00 bits per heavy atom. The van der Waals surface area contributed by atoms with Crippen LogP contribution in [0.25, 0.3) is 0 Å². The van der Waals surface area contributed by atoms with Crippen molar-refractivity contribution >= 4 is 28.4 Å². The highest BCUT2D eigenvalue weighted by molar-refractivity contribution is 14.1. The summed E-state index contributed by atoms with van der Waals surface area (Å²) in [4.78, 5) is 10.5. The first-order valence-electron chi connectivity index (χ1n) is 5.75. The van der Waals surface area contributed by atoms with Gasteiger partial charge in [-0.1, -0.05) is 30.3 Å². The van der Waals surface area contributed by atoms with Crippen LogP contribution in [0.15, 0.2) is 42.9 Å². The molecular formula is C13H15IN4. The van der Waals surface area contributed by atoms with Crippen molar-refractivity contribution in [3.8, 4) is 0 Å². The molecule has 0 spiro atoms. The van der Waals surface area contributed by atoms with Gasteiger partial charge in [0, 0.05) is 25.8 Å². The molecule has 2 aromatic rings. The van der Waals surface area contributed by atoms with Gasteiger partial charge in [0.25, 0.3) is 0 Å². The molecular weight excluding hydrogens is 339 g/mol. The second kappa shape index (κ2) is 6.65. The second-order valence-electron chi connectivity index (χ2n) is 3.89. The number of hydrogen-bond acceptors (Lipinski definition) is 4. The second-order valence-corrected chi connectivity index (χ2v) is 5.05. The van der Waals surface area contributed by atoms with Gasteiger partial charge in [-0.3, -0.25) is 0 Å². The number of aromatic nitrogens is 2. The molecule has 0 saturated heterocycles. The van der Waals surface area contributed by atoms with E-state index in [9.17, 15) is 0 Å². The summed E-state index contributed by atoms with van der Waals surface area (Å²) in [6.07, 6.45) is 3.39. The number of benzene rings is 1. The van der Waals surface area contributed by atoms with Crippen LogP contribution in [0.2, 0.25) is 0 Å². The van der Waals surface area contributed by atoms with Gasteiger partial charge in [0.1, 0.15) is 12.1 Å². The smallest absolute Gasteiger partial charge is 0.145 e. The zero-order valence-corrected chi connectivity index (χ0v) is 12.1. The van der Waals surface area contributed by atoms with E-state index in [1.807, 2.05) is 24.4 Å². The molecule has 0 unspecified atom stereocenters. The molecule has 5 heteroatoms. The van der Waals surface area contributed by atoms with Crippen LogP contribution in [0.4, 0.5) is 5.82 Å². The van der Waals surface area contributed by atoms with Crippen molar-refractivity contribution in [1.82, 2.24) is 9.97 Å². The van der Waals surface area contributed by atoms with Crippen LogP contribution >= 0.6 is 22.6 Å². The lowest BCUT2D eigenvalue weighted by molar-refractivity contribution is 0.770. The van der Waals surface area contributed by atoms with Crippen molar-refractivity contribution in [3.05, 3.63) is 52.0 Å². The first-order chi connectivity index (χ1) is 8.81. The Kier molecular flexibility index (Phi) is 4.89. The van der Waals surface area contributed by atoms with Crippen LogP contribution in [0.1, 0.15) is 5.56 Å². The third-order valence-corrected chi connectivity index (χ3v) is 3.32. The number of hydrogen-bond donors (Lipinski definition) is 1. The molecule has 0 aliphatic heterocycles. The molecule has 1 aromatic heterocycles. The van der Waals surface area contributed by atoms with E-state index in [1.54, 1.807) is 6.33 Å². The molecule has 0 bridgehead atoms. The molecule has 0 atom stereocenters. The molecule has 2 rings (SSSR count). The monoisotopic (exact) mass is 354 g/mol. The Bertz CT molecular complexity index is 489. The number of nitrogens with zero attached hydrogens (tertiary/aromatic N) is 3. The van der Waals surface area contributed by atoms with E-state index in [0.717, 1.165) is 22.5 Å². The van der Waals surface area contributed by atoms with Gasteiger partial charge in [0.2, 0.25) is 0 Å². The predicted molar refractivity (Wildman–Crippen MR) is 81.3 cm³/mol. The van der Waals surface area contributed by atoms with Gasteiger partial charge in [0.15, 0.2) is 0 Å². The summed E-state index contributed by atoms with van der Waals surface area (Å²) >= 11 is 2.25. The lowest BCUT2D eigenvalue weighted by Gasteiger charge is -2.23. The number of rotatable bonds is 5. The normalized spacial score (nSPS) is 10.3. The topological polar surface area (TPSA) is 55.0 Å². The fourth-order valence-corrected chi connectivity index (χ4v) is 2.40. The highest BCUT2D eigenvalue weighted by Gasteiger charge is 2.11. The van der Waals surface area contributed by atoms with Gasteiger partial charge >= 0.3 is 0 Å². The number of anilines is 1. The van der Waals surface area contributed by atoms with Crippen molar-refractivity contribution < 1.29 is 0 Å². The van der Waals surface area contributed by atoms with E-state index in [1.165, 1.54) is 5.56 Å². The zero-order chi connectivity index (χ0) is 12.8. The Morgan fingerprint density at radius 3 is 2.67 bits per heavy atom. The summed E-state index contributed by atoms with van der Waals surface area (Å²) in [7, 11) is 0. The molecule has 0 amide bonds. The van der Waals surface area contributed by atoms with E-state index in [4.69, 9.17) is 5.73 Å². The van der Waals surface area contributed by atoms with E-state index in [0.29, 0.717) is 6.54 Å². The molecule has 0 radical (unpaired) electrons. The summed E-state index contributed by atoms with van der Waals surface area (Å²) in [5.41, 5.74) is 6.93. The Hall–Kier alpha value is -1.21. The Morgan fingerprint density at radius 1 is 1.22 bits per heavy atom. The van der Waals surface area contributed by atoms with Gasteiger partial charge < -0.3 is 10.6 Å². The van der Waals surface area contributed by atoms with E-state index < -0.39 is 0 Å². The molecule has 2 N–H and O–H groups in total. The minimum absolute atomic E-state index is 0.604. The van der Waals surface area contributed by atoms with Crippen LogP contribution in [0.3, 0.4) is 0 Å². The Balaban J connectivity index is 2.21. The fourth-order valence-electron chi connectivity index (χ4n) is 1.76. The molecule has 18 heavy (non-hydrogen) atoms. The summed E-state index contributed by atoms with van der Waals surface area (Å²) in [5.74, 6) is 0.944. The molecule has 4 nitrogen and oxygen atoms in total. The van der Waals surface area contributed by atoms with Gasteiger partial charge in [-0.15, -0.1) is 0 Å². The summed E-state index contributed by atoms with van der Waals surface area (Å²) in [5, 5.41) is 0. The maximum absolute atomic E-state index is 5.68. The van der Waals surface area contributed by atoms with E-state index >= 15 is 0 Å². The van der Waals surface area contributed by atoms with Gasteiger partial charge in [-0.2, -0.15) is 0 Å². The Labute approximate surface area is 120 Å². The molecule has 0 aliphatic carbocycles. The first-order valence-corrected chi connectivity index (χ1v) is 6.83. The summed E-state index contributed by atoms with van der Waals surface area (Å²) < 4.78 is 1.04. The average molecular weight is 354 g/mol. The van der Waals surface area contributed by atoms with Crippen molar-refractivity contribution in [2.45, 2.75) is 6.54 Å². The highest BCUT2D eigenvalue weighted by Crippen LogP contribution is 2.19. The zero-order valence-electron chi connectivity index (χ0n) is 9.96. The summed E-state index contributed by atoms with van der Waals surface area (Å²) in [6.45, 7) is 2.19. The number of halogens is 1. The maximum Gasteiger partial charge on any atom is 0.145 e. The lowest BCUT2D eigenvalue weighted by atomic mass is 10.2. The van der Waals surface area contributed by atoms with Crippen LogP contribution in [-0.4, -0.2) is 23.1 Å². The molecule has 0 fully saturated rings. The van der Waals surface area contributed by atoms with Crippen molar-refractivity contribution in [2.24, 2.45) is 5.73 Å². The molecule has 0 saturated carbocycles. The van der Waals surface area contributed by atoms with Crippen molar-refractivity contribution in [2.75, 3.05) is 18.0 Å². The van der Waals surface area contributed by atoms with Gasteiger partial charge in [-0.05, 0) is 28.2 Å². The third kappa shape index (κ3) is 3.39. The van der Waals surface area contributed by atoms with Crippen molar-refractivity contribution in [1.29, 1.82) is 0 Å². The average Bonchev–Trinajstić information content (AvgIpc) is 2.40. The number of nitrogens with two attached hydrogens (primary N) is 1. The molecule has 94 valence electrons. The lowest BCUT2D eigenvalue weighted by Crippen LogP contribution is -2.30. The quantitative estimate of drug-likeness (QED) is 0.835. The van der Waals surface area contributed by atoms with Gasteiger partial charge in [-0.25, -0.2) is 9.97 Å². The molecule has 1 heterocycles. The van der Waals surface area contributed by atoms with E-state index in [-0.39, 0.29) is 0 Å². The SMILES string of the molecule is NCCN(Cc1ccccc1)c1ncncc1I. The standard InChI is InChI=1S/C13H15IN4/c14-12-8-16-10-17-13(12)18(7-6-15)9-11-4-2-1-3-5-11/h1-5,8,10H,6-7,9,15H2. The largest absolute Gasteiger partial charge is 0.350 e. The minimum Gasteiger partial charge on any atom is -0.350 e. The van der Waals surface area contributed by atoms with Crippen LogP contribution in [0, 0.1) is 3.57 Å². The van der Waals surface area contributed by atoms with Crippen LogP contribution in [0.5, 0.6) is 0 Å². The predicted octanol–water partition coefficient (Wildman–Crippen LogP) is 2.05. The first kappa shape index (κ1) is 13.2. The maximum atomic E-state index is 5.68. The van der Waals surface area contributed by atoms with Crippen LogP contribution in [-0.2, 0) is 6.54 Å². The minimum atomic E-state index is 0.604. The van der Waals surface area contributed by atoms with Crippen LogP contribution < -0.4 is 10.6 Å². The fraction of sp³-hybridized carbons (Fsp3) is 0.231. The molecule has 1 aromatic carbocycles. The highest BCUT2D eigenvalue weighted by atomic mass is 127. The van der Waals surface area contributed by atoms with E-state index in [2.05, 4.69) is 49.6 Å². The van der Waals surface area contributed by atoms with Crippen molar-refractivity contribution in [3.63, 3.8) is 0 Å². The van der Waals surface area contributed by atoms with Gasteiger partial charge in [0.05, 0.1) is 3.57 Å². The molecule has 0 aliphatic rings.